The molecule has 7 heterocycles. The van der Waals surface area contributed by atoms with Gasteiger partial charge in [-0.3, -0.25) is 33.1 Å². The predicted molar refractivity (Wildman–Crippen MR) is 408 cm³/mol. The van der Waals surface area contributed by atoms with Crippen LogP contribution in [0.3, 0.4) is 0 Å². The molecule has 116 heavy (non-hydrogen) atoms. The zero-order valence-corrected chi connectivity index (χ0v) is 61.8. The molecule has 0 saturated carbocycles. The van der Waals surface area contributed by atoms with Gasteiger partial charge in [0.25, 0.3) is 17.7 Å². The number of rotatable bonds is 17. The predicted octanol–water partition coefficient (Wildman–Crippen LogP) is 20.6. The van der Waals surface area contributed by atoms with Gasteiger partial charge in [-0.25, -0.2) is 9.37 Å². The number of benzene rings is 9. The Hall–Kier alpha value is -13.5. The second-order valence-corrected chi connectivity index (χ2v) is 27.3. The second kappa shape index (κ2) is 34.1. The van der Waals surface area contributed by atoms with Crippen molar-refractivity contribution >= 4 is 108 Å². The smallest absolute Gasteiger partial charge is 0.364 e. The van der Waals surface area contributed by atoms with E-state index < -0.39 is 64.7 Å². The van der Waals surface area contributed by atoms with E-state index in [4.69, 9.17) is 20.6 Å². The average Bonchev–Trinajstić information content (AvgIpc) is 1.69. The molecule has 20 nitrogen and oxygen atoms in total. The standard InChI is InChI=1S/C23H20F3N3.C21H14F6N4O2.C19H12ClF3N4OS.C18H13FN4O2/c1-16-6-8-17(9-7-16)14-27-22-20-4-2-3-5-21(20)29(28-22)15-18-10-12-19(13-11-18)23(24,25)26;1-11-16(10-33-30-11)19(32)28-18-15-8-14(21(25,26)27)6-7-17(15)31(29-18)9-12-2-4-13(5-3-12)20(22,23)24;20-18-24-14(10-29-18)17(28)25-16-13-3-1-2-4-15(13)27(26-16)9-11-5-7-12(8-6-11)19(21,22)23;19-13-7-5-12(6-8-13)11-23-15-4-2-1-3-14(15)17(22-23)21-18(24)16-9-10-20-25-16/h2-13H,14-15H2,1H3,(H,27,28);2-8,10H,9H2,1H3,(H,28,29,32);1-8,10H,9H2,(H,25,26,28);1-10H,11H2,(H,21,22,24). The van der Waals surface area contributed by atoms with Gasteiger partial charge < -0.3 is 30.3 Å². The summed E-state index contributed by atoms with van der Waals surface area (Å²) in [5, 5.41) is 40.2. The Balaban J connectivity index is 0.000000135. The zero-order chi connectivity index (χ0) is 82.2. The van der Waals surface area contributed by atoms with Crippen LogP contribution in [0, 0.1) is 19.7 Å². The lowest BCUT2D eigenvalue weighted by Gasteiger charge is -2.09. The van der Waals surface area contributed by atoms with E-state index in [0.29, 0.717) is 47.8 Å². The number of fused-ring (bicyclic) bond motifs is 4. The second-order valence-electron chi connectivity index (χ2n) is 25.9. The molecule has 0 spiro atoms. The van der Waals surface area contributed by atoms with Crippen LogP contribution in [-0.4, -0.2) is 72.1 Å². The molecule has 0 aliphatic carbocycles. The minimum Gasteiger partial charge on any atom is -0.364 e. The molecule has 9 aromatic carbocycles. The van der Waals surface area contributed by atoms with Crippen LogP contribution >= 0.6 is 22.9 Å². The highest BCUT2D eigenvalue weighted by Crippen LogP contribution is 2.37. The highest BCUT2D eigenvalue weighted by Gasteiger charge is 2.34. The van der Waals surface area contributed by atoms with Gasteiger partial charge in [0.2, 0.25) is 5.76 Å². The Morgan fingerprint density at radius 3 is 1.24 bits per heavy atom. The lowest BCUT2D eigenvalue weighted by Crippen LogP contribution is -2.13. The maximum absolute atomic E-state index is 13.2. The molecular formula is C81H59ClF13N15O5S. The number of aryl methyl sites for hydroxylation is 2. The average molecular weight is 1640 g/mol. The number of nitrogens with one attached hydrogen (secondary N) is 4. The van der Waals surface area contributed by atoms with Gasteiger partial charge in [-0.05, 0) is 145 Å². The molecule has 3 amide bonds. The number of carbonyl (C=O) groups is 3. The molecular weight excluding hydrogens is 1580 g/mol. The molecule has 0 aliphatic heterocycles. The normalized spacial score (nSPS) is 11.7. The Morgan fingerprint density at radius 1 is 0.440 bits per heavy atom. The number of alkyl halides is 12. The van der Waals surface area contributed by atoms with Crippen LogP contribution in [0.15, 0.2) is 245 Å². The third-order valence-corrected chi connectivity index (χ3v) is 18.8. The fourth-order valence-electron chi connectivity index (χ4n) is 11.9. The third-order valence-electron chi connectivity index (χ3n) is 17.8. The highest BCUT2D eigenvalue weighted by atomic mass is 35.5. The topological polar surface area (TPSA) is 236 Å². The summed E-state index contributed by atoms with van der Waals surface area (Å²) < 4.78 is 184. The maximum atomic E-state index is 13.2. The monoisotopic (exact) mass is 1640 g/mol. The zero-order valence-electron chi connectivity index (χ0n) is 60.2. The van der Waals surface area contributed by atoms with E-state index in [9.17, 15) is 71.5 Å². The van der Waals surface area contributed by atoms with Crippen molar-refractivity contribution in [3.63, 3.8) is 0 Å². The van der Waals surface area contributed by atoms with Crippen molar-refractivity contribution in [1.29, 1.82) is 0 Å². The van der Waals surface area contributed by atoms with Crippen LogP contribution in [0.25, 0.3) is 43.6 Å². The van der Waals surface area contributed by atoms with Gasteiger partial charge in [-0.2, -0.15) is 73.1 Å². The Bertz CT molecular complexity index is 6140. The lowest BCUT2D eigenvalue weighted by molar-refractivity contribution is -0.138. The van der Waals surface area contributed by atoms with E-state index in [2.05, 4.69) is 81.2 Å². The summed E-state index contributed by atoms with van der Waals surface area (Å²) >= 11 is 6.92. The number of hydrogen-bond donors (Lipinski definition) is 4. The first-order valence-corrected chi connectivity index (χ1v) is 35.9. The van der Waals surface area contributed by atoms with Crippen molar-refractivity contribution in [3.05, 3.63) is 325 Å². The van der Waals surface area contributed by atoms with Gasteiger partial charge >= 0.3 is 24.7 Å². The van der Waals surface area contributed by atoms with Crippen molar-refractivity contribution in [2.75, 3.05) is 21.3 Å². The van der Waals surface area contributed by atoms with Gasteiger partial charge in [-0.15, -0.1) is 11.3 Å². The Kier molecular flexibility index (Phi) is 23.6. The van der Waals surface area contributed by atoms with E-state index in [-0.39, 0.29) is 62.8 Å². The molecule has 0 fully saturated rings. The largest absolute Gasteiger partial charge is 0.416 e. The molecule has 0 saturated heterocycles. The molecule has 0 atom stereocenters. The fourth-order valence-corrected chi connectivity index (χ4v) is 12.7. The van der Waals surface area contributed by atoms with Gasteiger partial charge in [-0.1, -0.05) is 137 Å². The van der Waals surface area contributed by atoms with E-state index >= 15 is 0 Å². The third kappa shape index (κ3) is 19.6. The molecule has 0 radical (unpaired) electrons. The molecule has 16 aromatic rings. The van der Waals surface area contributed by atoms with Crippen molar-refractivity contribution in [2.45, 2.75) is 71.3 Å². The van der Waals surface area contributed by atoms with E-state index in [1.807, 2.05) is 78.3 Å². The first-order valence-electron chi connectivity index (χ1n) is 34.7. The number of amides is 3. The summed E-state index contributed by atoms with van der Waals surface area (Å²) in [5.41, 5.74) is 5.28. The molecule has 4 N–H and O–H groups in total. The SMILES string of the molecule is Cc1ccc(CNc2nn(Cc3ccc(C(F)(F)F)cc3)c3ccccc23)cc1.Cc1nocc1C(=O)Nc1nn(Cc2ccc(C(F)(F)F)cc2)c2ccc(C(F)(F)F)cc12.O=C(Nc1nn(Cc2ccc(C(F)(F)F)cc2)c2ccccc12)c1csc(Cl)n1.O=C(Nc1nn(Cc2ccc(F)cc2)c2ccccc12)c1ccno1. The van der Waals surface area contributed by atoms with E-state index in [1.165, 1.54) is 84.0 Å². The molecule has 592 valence electrons. The highest BCUT2D eigenvalue weighted by molar-refractivity contribution is 7.14. The summed E-state index contributed by atoms with van der Waals surface area (Å²) in [6, 6.07) is 55.9. The molecule has 0 bridgehead atoms. The number of aromatic nitrogens is 11. The number of carbonyl (C=O) groups excluding carboxylic acids is 3. The van der Waals surface area contributed by atoms with Crippen LogP contribution in [-0.2, 0) is 57.4 Å². The Labute approximate surface area is 656 Å². The summed E-state index contributed by atoms with van der Waals surface area (Å²) in [5.74, 6) is -0.353. The minimum atomic E-state index is -4.63. The first kappa shape index (κ1) is 80.5. The number of thiazole rings is 1. The molecule has 16 rings (SSSR count). The number of nitrogens with zero attached hydrogens (tertiary/aromatic N) is 11. The van der Waals surface area contributed by atoms with Crippen LogP contribution < -0.4 is 21.3 Å². The number of anilines is 4. The van der Waals surface area contributed by atoms with Gasteiger partial charge in [0.15, 0.2) is 27.7 Å². The number of halogens is 14. The minimum absolute atomic E-state index is 0.0131. The quantitative estimate of drug-likeness (QED) is 0.0622. The van der Waals surface area contributed by atoms with Crippen LogP contribution in [0.5, 0.6) is 0 Å². The van der Waals surface area contributed by atoms with Crippen molar-refractivity contribution < 1.29 is 80.5 Å². The van der Waals surface area contributed by atoms with Crippen LogP contribution in [0.4, 0.5) is 80.3 Å². The molecule has 7 aromatic heterocycles. The lowest BCUT2D eigenvalue weighted by atomic mass is 10.1. The van der Waals surface area contributed by atoms with E-state index in [0.717, 1.165) is 116 Å². The van der Waals surface area contributed by atoms with Crippen LogP contribution in [0.2, 0.25) is 4.47 Å². The van der Waals surface area contributed by atoms with Gasteiger partial charge in [0.05, 0.1) is 82.4 Å². The van der Waals surface area contributed by atoms with E-state index in [1.54, 1.807) is 32.9 Å². The number of hydrogen-bond acceptors (Lipinski definition) is 14. The summed E-state index contributed by atoms with van der Waals surface area (Å²) in [7, 11) is 0. The maximum Gasteiger partial charge on any atom is 0.416 e. The van der Waals surface area contributed by atoms with Crippen molar-refractivity contribution in [3.8, 4) is 0 Å². The summed E-state index contributed by atoms with van der Waals surface area (Å²) in [4.78, 5) is 41.0. The van der Waals surface area contributed by atoms with Crippen LogP contribution in [0.1, 0.15) is 92.7 Å². The van der Waals surface area contributed by atoms with Gasteiger partial charge in [0.1, 0.15) is 23.3 Å². The Morgan fingerprint density at radius 2 is 0.828 bits per heavy atom. The summed E-state index contributed by atoms with van der Waals surface area (Å²) in [6.07, 6.45) is -15.3. The van der Waals surface area contributed by atoms with Gasteiger partial charge in [0, 0.05) is 39.5 Å². The fraction of sp³-hybridized carbons (Fsp3) is 0.136. The summed E-state index contributed by atoms with van der Waals surface area (Å²) in [6.45, 7) is 5.26. The number of para-hydroxylation sites is 3. The molecule has 0 unspecified atom stereocenters. The first-order chi connectivity index (χ1) is 55.3. The molecule has 0 aliphatic rings. The molecule has 35 heteroatoms. The van der Waals surface area contributed by atoms with Crippen molar-refractivity contribution in [2.24, 2.45) is 0 Å². The van der Waals surface area contributed by atoms with Crippen molar-refractivity contribution in [1.82, 2.24) is 54.4 Å².